The molecule has 3 atom stereocenters. The van der Waals surface area contributed by atoms with Gasteiger partial charge in [-0.2, -0.15) is 4.98 Å². The van der Waals surface area contributed by atoms with Crippen molar-refractivity contribution >= 4 is 16.6 Å². The van der Waals surface area contributed by atoms with Gasteiger partial charge in [-0.05, 0) is 43.1 Å². The van der Waals surface area contributed by atoms with E-state index in [2.05, 4.69) is 4.98 Å². The molecule has 2 saturated carbocycles. The van der Waals surface area contributed by atoms with Crippen LogP contribution < -0.4 is 5.69 Å². The van der Waals surface area contributed by atoms with Gasteiger partial charge < -0.3 is 0 Å². The summed E-state index contributed by atoms with van der Waals surface area (Å²) in [7, 11) is 0. The van der Waals surface area contributed by atoms with Gasteiger partial charge >= 0.3 is 5.69 Å². The van der Waals surface area contributed by atoms with Crippen LogP contribution in [0, 0.1) is 27.9 Å². The first-order valence-electron chi connectivity index (χ1n) is 9.84. The van der Waals surface area contributed by atoms with Crippen LogP contribution in [-0.4, -0.2) is 14.5 Å². The quantitative estimate of drug-likeness (QED) is 0.500. The summed E-state index contributed by atoms with van der Waals surface area (Å²) < 4.78 is 1.73. The van der Waals surface area contributed by atoms with Gasteiger partial charge in [0.1, 0.15) is 0 Å². The second-order valence-electron chi connectivity index (χ2n) is 8.11. The lowest BCUT2D eigenvalue weighted by Crippen LogP contribution is -2.29. The topological polar surface area (TPSA) is 78.0 Å². The summed E-state index contributed by atoms with van der Waals surface area (Å²) in [6, 6.07) is 14.1. The molecule has 6 nitrogen and oxygen atoms in total. The van der Waals surface area contributed by atoms with Gasteiger partial charge in [0.25, 0.3) is 5.69 Å². The summed E-state index contributed by atoms with van der Waals surface area (Å²) in [5, 5.41) is 12.0. The van der Waals surface area contributed by atoms with E-state index >= 15 is 0 Å². The number of rotatable bonds is 4. The van der Waals surface area contributed by atoms with E-state index < -0.39 is 4.92 Å². The molecule has 3 aromatic rings. The minimum atomic E-state index is -0.403. The van der Waals surface area contributed by atoms with Crippen molar-refractivity contribution in [3.63, 3.8) is 0 Å². The van der Waals surface area contributed by atoms with Gasteiger partial charge in [0, 0.05) is 29.6 Å². The molecule has 0 aliphatic heterocycles. The molecular formula is C22H21N3O3. The molecule has 2 fully saturated rings. The van der Waals surface area contributed by atoms with Crippen LogP contribution in [0.1, 0.15) is 25.7 Å². The summed E-state index contributed by atoms with van der Waals surface area (Å²) in [6.07, 6.45) is 5.02. The van der Waals surface area contributed by atoms with Gasteiger partial charge in [-0.3, -0.25) is 14.7 Å². The molecule has 1 aromatic heterocycles. The number of aromatic nitrogens is 2. The number of nitro benzene ring substituents is 1. The molecule has 142 valence electrons. The fraction of sp³-hybridized carbons (Fsp3) is 0.364. The smallest absolute Gasteiger partial charge is 0.292 e. The van der Waals surface area contributed by atoms with Crippen molar-refractivity contribution < 1.29 is 4.92 Å². The molecule has 28 heavy (non-hydrogen) atoms. The van der Waals surface area contributed by atoms with Crippen molar-refractivity contribution in [1.29, 1.82) is 0 Å². The van der Waals surface area contributed by atoms with Crippen LogP contribution in [0.4, 0.5) is 5.69 Å². The van der Waals surface area contributed by atoms with E-state index in [0.29, 0.717) is 29.5 Å². The molecule has 5 rings (SSSR count). The molecule has 2 aromatic carbocycles. The Morgan fingerprint density at radius 3 is 2.61 bits per heavy atom. The molecule has 0 saturated heterocycles. The molecule has 6 heteroatoms. The Morgan fingerprint density at radius 1 is 1.11 bits per heavy atom. The van der Waals surface area contributed by atoms with Crippen LogP contribution in [0.2, 0.25) is 0 Å². The fourth-order valence-corrected chi connectivity index (χ4v) is 5.21. The lowest BCUT2D eigenvalue weighted by atomic mass is 9.88. The van der Waals surface area contributed by atoms with Crippen molar-refractivity contribution in [3.05, 3.63) is 69.1 Å². The molecule has 0 radical (unpaired) electrons. The fourth-order valence-electron chi connectivity index (χ4n) is 5.21. The monoisotopic (exact) mass is 375 g/mol. The Morgan fingerprint density at radius 2 is 1.93 bits per heavy atom. The van der Waals surface area contributed by atoms with Crippen molar-refractivity contribution in [1.82, 2.24) is 9.55 Å². The normalized spacial score (nSPS) is 23.4. The molecule has 1 heterocycles. The predicted octanol–water partition coefficient (Wildman–Crippen LogP) is 4.41. The maximum absolute atomic E-state index is 13.0. The maximum Gasteiger partial charge on any atom is 0.348 e. The van der Waals surface area contributed by atoms with E-state index in [1.54, 1.807) is 16.7 Å². The van der Waals surface area contributed by atoms with Crippen LogP contribution >= 0.6 is 0 Å². The third-order valence-electron chi connectivity index (χ3n) is 6.52. The number of hydrogen-bond donors (Lipinski definition) is 0. The van der Waals surface area contributed by atoms with Gasteiger partial charge in [0.05, 0.1) is 16.1 Å². The Balaban J connectivity index is 1.68. The molecule has 0 spiro atoms. The molecule has 0 N–H and O–H groups in total. The first-order valence-corrected chi connectivity index (χ1v) is 9.84. The molecule has 0 amide bonds. The Labute approximate surface area is 162 Å². The maximum atomic E-state index is 13.0. The number of nitro groups is 1. The minimum Gasteiger partial charge on any atom is -0.292 e. The molecule has 2 aliphatic carbocycles. The molecular weight excluding hydrogens is 354 g/mol. The van der Waals surface area contributed by atoms with Crippen molar-refractivity contribution in [2.45, 2.75) is 32.2 Å². The standard InChI is InChI=1S/C22H21N3O3/c26-22-23-21(15-4-2-1-3-5-15)19-12-18(25(27)28)8-9-20(19)24(22)13-17-11-14-6-7-16(17)10-14/h1-5,8-9,12,14,16-17H,6-7,10-11,13H2. The first-order chi connectivity index (χ1) is 13.6. The zero-order valence-electron chi connectivity index (χ0n) is 15.5. The van der Waals surface area contributed by atoms with E-state index in [4.69, 9.17) is 0 Å². The SMILES string of the molecule is O=c1nc(-c2ccccc2)c2cc([N+](=O)[O-])ccc2n1CC1CC2CCC1C2. The largest absolute Gasteiger partial charge is 0.348 e. The van der Waals surface area contributed by atoms with E-state index in [1.165, 1.54) is 31.7 Å². The van der Waals surface area contributed by atoms with Gasteiger partial charge in [-0.15, -0.1) is 0 Å². The average molecular weight is 375 g/mol. The third-order valence-corrected chi connectivity index (χ3v) is 6.52. The van der Waals surface area contributed by atoms with Crippen LogP contribution in [0.25, 0.3) is 22.2 Å². The summed E-state index contributed by atoms with van der Waals surface area (Å²) >= 11 is 0. The summed E-state index contributed by atoms with van der Waals surface area (Å²) in [5.41, 5.74) is 1.76. The molecule has 3 unspecified atom stereocenters. The molecule has 2 aliphatic rings. The highest BCUT2D eigenvalue weighted by Gasteiger charge is 2.39. The zero-order valence-corrected chi connectivity index (χ0v) is 15.5. The van der Waals surface area contributed by atoms with Crippen LogP contribution in [-0.2, 0) is 6.54 Å². The van der Waals surface area contributed by atoms with Crippen molar-refractivity contribution in [2.24, 2.45) is 17.8 Å². The Hall–Kier alpha value is -3.02. The Kier molecular flexibility index (Phi) is 4.00. The van der Waals surface area contributed by atoms with Crippen molar-refractivity contribution in [3.8, 4) is 11.3 Å². The number of non-ortho nitro benzene ring substituents is 1. The van der Waals surface area contributed by atoms with Gasteiger partial charge in [-0.1, -0.05) is 36.8 Å². The summed E-state index contributed by atoms with van der Waals surface area (Å²) in [6.45, 7) is 0.649. The van der Waals surface area contributed by atoms with Crippen LogP contribution in [0.3, 0.4) is 0 Å². The zero-order chi connectivity index (χ0) is 19.3. The van der Waals surface area contributed by atoms with E-state index in [0.717, 1.165) is 17.0 Å². The number of fused-ring (bicyclic) bond motifs is 3. The predicted molar refractivity (Wildman–Crippen MR) is 107 cm³/mol. The first kappa shape index (κ1) is 17.1. The Bertz CT molecular complexity index is 1120. The lowest BCUT2D eigenvalue weighted by molar-refractivity contribution is -0.384. The average Bonchev–Trinajstić information content (AvgIpc) is 3.33. The van der Waals surface area contributed by atoms with E-state index in [-0.39, 0.29) is 11.4 Å². The highest BCUT2D eigenvalue weighted by Crippen LogP contribution is 2.49. The lowest BCUT2D eigenvalue weighted by Gasteiger charge is -2.23. The summed E-state index contributed by atoms with van der Waals surface area (Å²) in [4.78, 5) is 28.2. The molecule has 2 bridgehead atoms. The number of benzene rings is 2. The second kappa shape index (κ2) is 6.55. The van der Waals surface area contributed by atoms with Gasteiger partial charge in [-0.25, -0.2) is 4.79 Å². The van der Waals surface area contributed by atoms with Crippen LogP contribution in [0.15, 0.2) is 53.3 Å². The van der Waals surface area contributed by atoms with Gasteiger partial charge in [0.15, 0.2) is 0 Å². The van der Waals surface area contributed by atoms with Gasteiger partial charge in [0.2, 0.25) is 0 Å². The summed E-state index contributed by atoms with van der Waals surface area (Å²) in [5.74, 6) is 1.99. The highest BCUT2D eigenvalue weighted by atomic mass is 16.6. The third kappa shape index (κ3) is 2.80. The second-order valence-corrected chi connectivity index (χ2v) is 8.11. The minimum absolute atomic E-state index is 0.0107. The number of hydrogen-bond acceptors (Lipinski definition) is 4. The van der Waals surface area contributed by atoms with Crippen molar-refractivity contribution in [2.75, 3.05) is 0 Å². The van der Waals surface area contributed by atoms with E-state index in [9.17, 15) is 14.9 Å². The van der Waals surface area contributed by atoms with Crippen LogP contribution in [0.5, 0.6) is 0 Å². The number of nitrogens with zero attached hydrogens (tertiary/aromatic N) is 3. The highest BCUT2D eigenvalue weighted by molar-refractivity contribution is 5.93. The van der Waals surface area contributed by atoms with E-state index in [1.807, 2.05) is 30.3 Å².